The summed E-state index contributed by atoms with van der Waals surface area (Å²) in [6.07, 6.45) is 9.30. The Labute approximate surface area is 238 Å². The number of rotatable bonds is 10. The second-order valence-corrected chi connectivity index (χ2v) is 10.8. The van der Waals surface area contributed by atoms with Crippen LogP contribution in [-0.4, -0.2) is 78.4 Å². The molecular weight excluding hydrogens is 522 g/mol. The molecule has 1 aliphatic carbocycles. The summed E-state index contributed by atoms with van der Waals surface area (Å²) in [6, 6.07) is 9.40. The Morgan fingerprint density at radius 2 is 1.85 bits per heavy atom. The molecule has 1 saturated carbocycles. The molecule has 3 fully saturated rings. The van der Waals surface area contributed by atoms with E-state index >= 15 is 0 Å². The van der Waals surface area contributed by atoms with Gasteiger partial charge in [0, 0.05) is 69.9 Å². The van der Waals surface area contributed by atoms with E-state index in [0.29, 0.717) is 49.0 Å². The van der Waals surface area contributed by atoms with Gasteiger partial charge in [0.1, 0.15) is 6.26 Å². The smallest absolute Gasteiger partial charge is 0.277 e. The first-order valence-corrected chi connectivity index (χ1v) is 14.4. The van der Waals surface area contributed by atoms with Crippen molar-refractivity contribution in [1.82, 2.24) is 20.2 Å². The number of nitrogens with one attached hydrogen (secondary N) is 2. The third-order valence-corrected chi connectivity index (χ3v) is 7.88. The van der Waals surface area contributed by atoms with E-state index in [-0.39, 0.29) is 23.4 Å². The maximum Gasteiger partial charge on any atom is 0.277 e. The fourth-order valence-corrected chi connectivity index (χ4v) is 5.41. The van der Waals surface area contributed by atoms with E-state index in [9.17, 15) is 14.4 Å². The second kappa shape index (κ2) is 12.0. The lowest BCUT2D eigenvalue weighted by molar-refractivity contribution is -0.127. The highest BCUT2D eigenvalue weighted by Crippen LogP contribution is 2.39. The Kier molecular flexibility index (Phi) is 7.84. The van der Waals surface area contributed by atoms with Crippen molar-refractivity contribution in [3.05, 3.63) is 66.1 Å². The lowest BCUT2D eigenvalue weighted by atomic mass is 10.1. The van der Waals surface area contributed by atoms with Crippen LogP contribution in [0.2, 0.25) is 0 Å². The van der Waals surface area contributed by atoms with Gasteiger partial charge in [0.25, 0.3) is 11.8 Å². The number of benzene rings is 1. The van der Waals surface area contributed by atoms with Crippen molar-refractivity contribution < 1.29 is 18.8 Å². The summed E-state index contributed by atoms with van der Waals surface area (Å²) in [7, 11) is 0. The molecule has 6 rings (SSSR count). The molecule has 4 heterocycles. The van der Waals surface area contributed by atoms with E-state index < -0.39 is 0 Å². The molecule has 3 aliphatic rings. The van der Waals surface area contributed by atoms with Gasteiger partial charge in [0.15, 0.2) is 11.6 Å². The standard InChI is InChI=1S/C30H35N7O4/c38-27-5-2-12-37(27)13-3-11-32-28(39)22-8-9-26(36-16-14-35(15-17-36)23-4-1-10-31-19-23)24(18-22)33-29(40)25-20-41-30(34-25)21-6-7-21/h1,4,8-10,18-21H,2-3,5-7,11-17H2,(H,32,39)(H,33,40). The minimum Gasteiger partial charge on any atom is -0.448 e. The number of carbonyl (C=O) groups is 3. The maximum absolute atomic E-state index is 13.2. The summed E-state index contributed by atoms with van der Waals surface area (Å²) in [4.78, 5) is 53.0. The average Bonchev–Trinajstić information content (AvgIpc) is 3.59. The minimum absolute atomic E-state index is 0.185. The molecule has 0 radical (unpaired) electrons. The number of carbonyl (C=O) groups excluding carboxylic acids is 3. The van der Waals surface area contributed by atoms with Crippen LogP contribution in [0.3, 0.4) is 0 Å². The molecule has 41 heavy (non-hydrogen) atoms. The number of hydrogen-bond acceptors (Lipinski definition) is 8. The summed E-state index contributed by atoms with van der Waals surface area (Å²) >= 11 is 0. The largest absolute Gasteiger partial charge is 0.448 e. The number of hydrogen-bond donors (Lipinski definition) is 2. The summed E-state index contributed by atoms with van der Waals surface area (Å²) in [5.74, 6) is 0.497. The molecule has 2 N–H and O–H groups in total. The first-order chi connectivity index (χ1) is 20.0. The fourth-order valence-electron chi connectivity index (χ4n) is 5.41. The first-order valence-electron chi connectivity index (χ1n) is 14.4. The van der Waals surface area contributed by atoms with Crippen LogP contribution in [0, 0.1) is 0 Å². The molecule has 2 saturated heterocycles. The third kappa shape index (κ3) is 6.34. The van der Waals surface area contributed by atoms with E-state index in [1.807, 2.05) is 23.2 Å². The van der Waals surface area contributed by atoms with Crippen LogP contribution in [0.4, 0.5) is 17.1 Å². The van der Waals surface area contributed by atoms with E-state index in [1.54, 1.807) is 18.3 Å². The highest BCUT2D eigenvalue weighted by Gasteiger charge is 2.30. The fraction of sp³-hybridized carbons (Fsp3) is 0.433. The summed E-state index contributed by atoms with van der Waals surface area (Å²) < 4.78 is 5.53. The third-order valence-electron chi connectivity index (χ3n) is 7.88. The topological polar surface area (TPSA) is 124 Å². The lowest BCUT2D eigenvalue weighted by Crippen LogP contribution is -2.46. The molecule has 214 valence electrons. The number of likely N-dealkylation sites (tertiary alicyclic amines) is 1. The van der Waals surface area contributed by atoms with Gasteiger partial charge in [0.05, 0.1) is 23.3 Å². The Morgan fingerprint density at radius 1 is 1.02 bits per heavy atom. The normalized spacial score (nSPS) is 17.2. The molecule has 3 amide bonds. The Bertz CT molecular complexity index is 1400. The Hall–Kier alpha value is -4.41. The van der Waals surface area contributed by atoms with Crippen molar-refractivity contribution in [2.45, 2.75) is 38.0 Å². The maximum atomic E-state index is 13.2. The molecular formula is C30H35N7O4. The number of anilines is 3. The zero-order valence-corrected chi connectivity index (χ0v) is 23.1. The van der Waals surface area contributed by atoms with Crippen molar-refractivity contribution in [2.75, 3.05) is 60.9 Å². The highest BCUT2D eigenvalue weighted by atomic mass is 16.3. The molecule has 11 nitrogen and oxygen atoms in total. The summed E-state index contributed by atoms with van der Waals surface area (Å²) in [5.41, 5.74) is 3.16. The van der Waals surface area contributed by atoms with Gasteiger partial charge in [-0.15, -0.1) is 0 Å². The van der Waals surface area contributed by atoms with Crippen LogP contribution in [0.1, 0.15) is 64.8 Å². The van der Waals surface area contributed by atoms with Gasteiger partial charge in [-0.25, -0.2) is 4.98 Å². The lowest BCUT2D eigenvalue weighted by Gasteiger charge is -2.38. The number of oxazole rings is 1. The van der Waals surface area contributed by atoms with E-state index in [0.717, 1.165) is 63.4 Å². The van der Waals surface area contributed by atoms with Gasteiger partial charge in [-0.1, -0.05) is 0 Å². The molecule has 1 aromatic carbocycles. The zero-order chi connectivity index (χ0) is 28.2. The van der Waals surface area contributed by atoms with Gasteiger partial charge >= 0.3 is 0 Å². The van der Waals surface area contributed by atoms with Crippen molar-refractivity contribution in [3.63, 3.8) is 0 Å². The highest BCUT2D eigenvalue weighted by molar-refractivity contribution is 6.06. The molecule has 0 spiro atoms. The Morgan fingerprint density at radius 3 is 2.59 bits per heavy atom. The van der Waals surface area contributed by atoms with Crippen LogP contribution in [0.5, 0.6) is 0 Å². The van der Waals surface area contributed by atoms with Gasteiger partial charge in [-0.2, -0.15) is 0 Å². The van der Waals surface area contributed by atoms with Crippen molar-refractivity contribution in [3.8, 4) is 0 Å². The number of amides is 3. The van der Waals surface area contributed by atoms with Gasteiger partial charge in [-0.3, -0.25) is 19.4 Å². The molecule has 2 aromatic heterocycles. The second-order valence-electron chi connectivity index (χ2n) is 10.8. The van der Waals surface area contributed by atoms with Crippen LogP contribution < -0.4 is 20.4 Å². The number of piperazine rings is 1. The van der Waals surface area contributed by atoms with Gasteiger partial charge < -0.3 is 29.8 Å². The average molecular weight is 558 g/mol. The number of pyridine rings is 1. The number of aromatic nitrogens is 2. The molecule has 0 unspecified atom stereocenters. The summed E-state index contributed by atoms with van der Waals surface area (Å²) in [5, 5.41) is 5.95. The molecule has 11 heteroatoms. The quantitative estimate of drug-likeness (QED) is 0.364. The van der Waals surface area contributed by atoms with Crippen LogP contribution in [-0.2, 0) is 4.79 Å². The van der Waals surface area contributed by atoms with Crippen LogP contribution >= 0.6 is 0 Å². The van der Waals surface area contributed by atoms with Gasteiger partial charge in [-0.05, 0) is 56.0 Å². The van der Waals surface area contributed by atoms with E-state index in [2.05, 4.69) is 36.5 Å². The molecule has 0 bridgehead atoms. The van der Waals surface area contributed by atoms with Crippen molar-refractivity contribution in [2.24, 2.45) is 0 Å². The van der Waals surface area contributed by atoms with Crippen LogP contribution in [0.25, 0.3) is 0 Å². The minimum atomic E-state index is -0.372. The predicted octanol–water partition coefficient (Wildman–Crippen LogP) is 3.27. The monoisotopic (exact) mass is 557 g/mol. The van der Waals surface area contributed by atoms with Crippen molar-refractivity contribution in [1.29, 1.82) is 0 Å². The SMILES string of the molecule is O=C(NCCCN1CCCC1=O)c1ccc(N2CCN(c3cccnc3)CC2)c(NC(=O)c2coc(C3CC3)n2)c1. The molecule has 3 aromatic rings. The first kappa shape index (κ1) is 26.8. The predicted molar refractivity (Wildman–Crippen MR) is 154 cm³/mol. The summed E-state index contributed by atoms with van der Waals surface area (Å²) in [6.45, 7) is 4.99. The number of nitrogens with zero attached hydrogens (tertiary/aromatic N) is 5. The molecule has 0 atom stereocenters. The van der Waals surface area contributed by atoms with Crippen molar-refractivity contribution >= 4 is 34.8 Å². The Balaban J connectivity index is 1.14. The van der Waals surface area contributed by atoms with E-state index in [4.69, 9.17) is 4.42 Å². The molecule has 2 aliphatic heterocycles. The van der Waals surface area contributed by atoms with Crippen LogP contribution in [0.15, 0.2) is 53.4 Å². The zero-order valence-electron chi connectivity index (χ0n) is 23.1. The van der Waals surface area contributed by atoms with Gasteiger partial charge in [0.2, 0.25) is 5.91 Å². The van der Waals surface area contributed by atoms with E-state index in [1.165, 1.54) is 6.26 Å².